The predicted octanol–water partition coefficient (Wildman–Crippen LogP) is 1.68. The van der Waals surface area contributed by atoms with Gasteiger partial charge in [-0.05, 0) is 36.5 Å². The number of benzene rings is 1. The second-order valence-electron chi connectivity index (χ2n) is 8.17. The largest absolute Gasteiger partial charge is 0.379 e. The number of hydrogen-bond donors (Lipinski definition) is 0. The van der Waals surface area contributed by atoms with Crippen molar-refractivity contribution in [3.63, 3.8) is 0 Å². The quantitative estimate of drug-likeness (QED) is 0.661. The van der Waals surface area contributed by atoms with E-state index in [4.69, 9.17) is 14.2 Å². The van der Waals surface area contributed by atoms with Crippen LogP contribution in [0.25, 0.3) is 0 Å². The van der Waals surface area contributed by atoms with Crippen LogP contribution in [-0.4, -0.2) is 80.5 Å². The van der Waals surface area contributed by atoms with E-state index in [2.05, 4.69) is 4.90 Å². The standard InChI is InChI=1S/C21H29FN2O4/c22-19-3-1-2-17(10-19)13-27-7-4-18-11-21(28-14-18)15-24(16-21)20(25)12-23-5-8-26-9-6-23/h1-3,10,18H,4-9,11-16H2. The molecule has 1 aromatic rings. The molecule has 0 N–H and O–H groups in total. The zero-order valence-corrected chi connectivity index (χ0v) is 16.3. The lowest BCUT2D eigenvalue weighted by atomic mass is 9.86. The highest BCUT2D eigenvalue weighted by Crippen LogP contribution is 2.39. The van der Waals surface area contributed by atoms with Crippen LogP contribution in [0.2, 0.25) is 0 Å². The summed E-state index contributed by atoms with van der Waals surface area (Å²) in [5.74, 6) is 0.423. The molecule has 1 spiro atoms. The molecule has 1 aromatic carbocycles. The molecule has 154 valence electrons. The Morgan fingerprint density at radius 2 is 2.11 bits per heavy atom. The van der Waals surface area contributed by atoms with Gasteiger partial charge in [0.2, 0.25) is 5.91 Å². The van der Waals surface area contributed by atoms with Gasteiger partial charge >= 0.3 is 0 Å². The van der Waals surface area contributed by atoms with Gasteiger partial charge in [0.1, 0.15) is 11.4 Å². The third-order valence-corrected chi connectivity index (χ3v) is 5.89. The SMILES string of the molecule is O=C(CN1CCOCC1)N1CC2(CC(CCOCc3cccc(F)c3)CO2)C1. The van der Waals surface area contributed by atoms with Crippen molar-refractivity contribution < 1.29 is 23.4 Å². The molecule has 3 saturated heterocycles. The van der Waals surface area contributed by atoms with Crippen molar-refractivity contribution in [1.29, 1.82) is 0 Å². The van der Waals surface area contributed by atoms with E-state index in [1.165, 1.54) is 12.1 Å². The Morgan fingerprint density at radius 1 is 1.29 bits per heavy atom. The monoisotopic (exact) mass is 392 g/mol. The second kappa shape index (κ2) is 8.86. The topological polar surface area (TPSA) is 51.2 Å². The molecule has 0 bridgehead atoms. The predicted molar refractivity (Wildman–Crippen MR) is 101 cm³/mol. The summed E-state index contributed by atoms with van der Waals surface area (Å²) in [7, 11) is 0. The van der Waals surface area contributed by atoms with Gasteiger partial charge in [-0.25, -0.2) is 4.39 Å². The van der Waals surface area contributed by atoms with E-state index in [1.807, 2.05) is 11.0 Å². The number of ether oxygens (including phenoxy) is 3. The zero-order valence-electron chi connectivity index (χ0n) is 16.3. The Balaban J connectivity index is 1.12. The minimum absolute atomic E-state index is 0.145. The minimum Gasteiger partial charge on any atom is -0.379 e. The molecule has 1 atom stereocenters. The first-order chi connectivity index (χ1) is 13.6. The molecule has 3 aliphatic rings. The average molecular weight is 392 g/mol. The minimum atomic E-state index is -0.232. The summed E-state index contributed by atoms with van der Waals surface area (Å²) < 4.78 is 30.2. The molecule has 0 saturated carbocycles. The third-order valence-electron chi connectivity index (χ3n) is 5.89. The van der Waals surface area contributed by atoms with Crippen molar-refractivity contribution in [3.05, 3.63) is 35.6 Å². The van der Waals surface area contributed by atoms with Crippen LogP contribution in [-0.2, 0) is 25.6 Å². The van der Waals surface area contributed by atoms with Gasteiger partial charge in [0.15, 0.2) is 0 Å². The van der Waals surface area contributed by atoms with Crippen LogP contribution < -0.4 is 0 Å². The maximum atomic E-state index is 13.2. The van der Waals surface area contributed by atoms with Crippen molar-refractivity contribution in [1.82, 2.24) is 9.80 Å². The van der Waals surface area contributed by atoms with E-state index in [1.54, 1.807) is 6.07 Å². The van der Waals surface area contributed by atoms with E-state index >= 15 is 0 Å². The van der Waals surface area contributed by atoms with Crippen molar-refractivity contribution in [2.75, 3.05) is 59.2 Å². The maximum Gasteiger partial charge on any atom is 0.236 e. The maximum absolute atomic E-state index is 13.2. The summed E-state index contributed by atoms with van der Waals surface area (Å²) in [4.78, 5) is 16.5. The van der Waals surface area contributed by atoms with Crippen LogP contribution >= 0.6 is 0 Å². The molecule has 4 rings (SSSR count). The van der Waals surface area contributed by atoms with Crippen molar-refractivity contribution in [3.8, 4) is 0 Å². The van der Waals surface area contributed by atoms with E-state index in [-0.39, 0.29) is 17.3 Å². The molecule has 28 heavy (non-hydrogen) atoms. The summed E-state index contributed by atoms with van der Waals surface area (Å²) in [6.45, 7) is 6.78. The van der Waals surface area contributed by atoms with Gasteiger partial charge < -0.3 is 19.1 Å². The number of likely N-dealkylation sites (tertiary alicyclic amines) is 1. The van der Waals surface area contributed by atoms with Gasteiger partial charge in [0.05, 0.1) is 46.1 Å². The molecule has 7 heteroatoms. The molecule has 1 unspecified atom stereocenters. The van der Waals surface area contributed by atoms with E-state index in [0.717, 1.165) is 38.1 Å². The molecule has 0 aromatic heterocycles. The van der Waals surface area contributed by atoms with Crippen molar-refractivity contribution in [2.24, 2.45) is 5.92 Å². The van der Waals surface area contributed by atoms with Crippen LogP contribution in [0.5, 0.6) is 0 Å². The van der Waals surface area contributed by atoms with Crippen LogP contribution in [0.1, 0.15) is 18.4 Å². The number of nitrogens with zero attached hydrogens (tertiary/aromatic N) is 2. The van der Waals surface area contributed by atoms with Gasteiger partial charge in [0, 0.05) is 19.7 Å². The molecule has 0 aliphatic carbocycles. The van der Waals surface area contributed by atoms with Gasteiger partial charge in [-0.15, -0.1) is 0 Å². The fourth-order valence-electron chi connectivity index (χ4n) is 4.29. The number of carbonyl (C=O) groups excluding carboxylic acids is 1. The zero-order chi connectivity index (χ0) is 19.4. The van der Waals surface area contributed by atoms with Gasteiger partial charge in [-0.3, -0.25) is 9.69 Å². The molecule has 6 nitrogen and oxygen atoms in total. The molecule has 1 amide bonds. The molecule has 3 heterocycles. The lowest BCUT2D eigenvalue weighted by molar-refractivity contribution is -0.159. The molecule has 3 fully saturated rings. The summed E-state index contributed by atoms with van der Waals surface area (Å²) in [6.07, 6.45) is 1.91. The number of amides is 1. The van der Waals surface area contributed by atoms with Crippen molar-refractivity contribution in [2.45, 2.75) is 25.0 Å². The van der Waals surface area contributed by atoms with Crippen LogP contribution in [0, 0.1) is 11.7 Å². The lowest BCUT2D eigenvalue weighted by Gasteiger charge is -2.47. The number of morpholine rings is 1. The van der Waals surface area contributed by atoms with Gasteiger partial charge in [0.25, 0.3) is 0 Å². The smallest absolute Gasteiger partial charge is 0.236 e. The van der Waals surface area contributed by atoms with Crippen molar-refractivity contribution >= 4 is 5.91 Å². The van der Waals surface area contributed by atoms with Crippen LogP contribution in [0.3, 0.4) is 0 Å². The number of carbonyl (C=O) groups is 1. The van der Waals surface area contributed by atoms with Gasteiger partial charge in [-0.2, -0.15) is 0 Å². The first kappa shape index (κ1) is 19.8. The lowest BCUT2D eigenvalue weighted by Crippen LogP contribution is -2.64. The fraction of sp³-hybridized carbons (Fsp3) is 0.667. The normalized spacial score (nSPS) is 24.5. The Kier molecular flexibility index (Phi) is 6.25. The van der Waals surface area contributed by atoms with E-state index < -0.39 is 0 Å². The first-order valence-corrected chi connectivity index (χ1v) is 10.2. The fourth-order valence-corrected chi connectivity index (χ4v) is 4.29. The number of rotatable bonds is 7. The Morgan fingerprint density at radius 3 is 2.89 bits per heavy atom. The summed E-state index contributed by atoms with van der Waals surface area (Å²) in [6, 6.07) is 6.51. The van der Waals surface area contributed by atoms with E-state index in [0.29, 0.717) is 52.0 Å². The molecular weight excluding hydrogens is 363 g/mol. The summed E-state index contributed by atoms with van der Waals surface area (Å²) >= 11 is 0. The number of hydrogen-bond acceptors (Lipinski definition) is 5. The Bertz CT molecular complexity index is 674. The molecule has 3 aliphatic heterocycles. The Labute approximate surface area is 165 Å². The average Bonchev–Trinajstić information content (AvgIpc) is 3.10. The third kappa shape index (κ3) is 4.89. The second-order valence-corrected chi connectivity index (χ2v) is 8.17. The highest BCUT2D eigenvalue weighted by Gasteiger charge is 2.51. The van der Waals surface area contributed by atoms with Crippen LogP contribution in [0.15, 0.2) is 24.3 Å². The van der Waals surface area contributed by atoms with Crippen LogP contribution in [0.4, 0.5) is 4.39 Å². The van der Waals surface area contributed by atoms with E-state index in [9.17, 15) is 9.18 Å². The molecular formula is C21H29FN2O4. The molecule has 0 radical (unpaired) electrons. The highest BCUT2D eigenvalue weighted by atomic mass is 19.1. The highest BCUT2D eigenvalue weighted by molar-refractivity contribution is 5.79. The summed E-state index contributed by atoms with van der Waals surface area (Å²) in [5.41, 5.74) is 0.709. The summed E-state index contributed by atoms with van der Waals surface area (Å²) in [5, 5.41) is 0. The Hall–Kier alpha value is -1.54. The first-order valence-electron chi connectivity index (χ1n) is 10.2. The number of halogens is 1. The van der Waals surface area contributed by atoms with Gasteiger partial charge in [-0.1, -0.05) is 12.1 Å².